The number of anilines is 1. The zero-order valence-electron chi connectivity index (χ0n) is 16.9. The van der Waals surface area contributed by atoms with E-state index < -0.39 is 0 Å². The normalized spacial score (nSPS) is 21.0. The summed E-state index contributed by atoms with van der Waals surface area (Å²) < 4.78 is 0.773. The summed E-state index contributed by atoms with van der Waals surface area (Å²) >= 11 is 9.35. The number of nitrogens with zero attached hydrogens (tertiary/aromatic N) is 3. The molecule has 2 aromatic rings. The Morgan fingerprint density at radius 2 is 2.07 bits per heavy atom. The molecule has 2 aliphatic rings. The number of aromatic nitrogens is 2. The van der Waals surface area contributed by atoms with Crippen LogP contribution in [0.2, 0.25) is 5.02 Å². The second-order valence-corrected chi connectivity index (χ2v) is 10.9. The van der Waals surface area contributed by atoms with Crippen molar-refractivity contribution in [3.63, 3.8) is 0 Å². The molecule has 2 heterocycles. The third-order valence-corrected chi connectivity index (χ3v) is 7.72. The van der Waals surface area contributed by atoms with Gasteiger partial charge in [-0.25, -0.2) is 0 Å². The van der Waals surface area contributed by atoms with E-state index in [1.54, 1.807) is 17.0 Å². The van der Waals surface area contributed by atoms with Gasteiger partial charge in [0.05, 0.1) is 0 Å². The minimum absolute atomic E-state index is 0.0782. The van der Waals surface area contributed by atoms with Crippen molar-refractivity contribution in [2.45, 2.75) is 43.4 Å². The lowest BCUT2D eigenvalue weighted by Crippen LogP contribution is -2.43. The quantitative estimate of drug-likeness (QED) is 0.329. The minimum atomic E-state index is -0.330. The molecule has 0 spiro atoms. The maximum absolute atomic E-state index is 13.3. The van der Waals surface area contributed by atoms with Crippen molar-refractivity contribution < 1.29 is 9.59 Å². The molecule has 8 heteroatoms. The molecule has 5 nitrogen and oxygen atoms in total. The first-order chi connectivity index (χ1) is 14.3. The second-order valence-electron chi connectivity index (χ2n) is 8.26. The zero-order valence-corrected chi connectivity index (χ0v) is 19.2. The van der Waals surface area contributed by atoms with Crippen LogP contribution in [0.1, 0.15) is 44.6 Å². The van der Waals surface area contributed by atoms with E-state index in [0.717, 1.165) is 21.4 Å². The van der Waals surface area contributed by atoms with Crippen molar-refractivity contribution in [2.75, 3.05) is 10.7 Å². The molecule has 1 aromatic carbocycles. The van der Waals surface area contributed by atoms with Crippen molar-refractivity contribution in [1.29, 1.82) is 0 Å². The number of hydrogen-bond acceptors (Lipinski definition) is 6. The van der Waals surface area contributed by atoms with E-state index >= 15 is 0 Å². The predicted molar refractivity (Wildman–Crippen MR) is 122 cm³/mol. The van der Waals surface area contributed by atoms with E-state index in [1.807, 2.05) is 18.2 Å². The maximum atomic E-state index is 13.3. The summed E-state index contributed by atoms with van der Waals surface area (Å²) in [5, 5.41) is 9.57. The average Bonchev–Trinajstić information content (AvgIpc) is 3.13. The Morgan fingerprint density at radius 1 is 1.30 bits per heavy atom. The Bertz CT molecular complexity index is 1060. The van der Waals surface area contributed by atoms with Gasteiger partial charge >= 0.3 is 0 Å². The van der Waals surface area contributed by atoms with Gasteiger partial charge in [0.25, 0.3) is 0 Å². The van der Waals surface area contributed by atoms with Crippen molar-refractivity contribution in [3.8, 4) is 0 Å². The molecule has 0 saturated carbocycles. The Kier molecular flexibility index (Phi) is 5.88. The fourth-order valence-corrected chi connectivity index (χ4v) is 6.05. The molecule has 1 atom stereocenters. The first-order valence-electron chi connectivity index (χ1n) is 9.71. The van der Waals surface area contributed by atoms with Crippen LogP contribution in [-0.2, 0) is 9.59 Å². The van der Waals surface area contributed by atoms with Crippen LogP contribution < -0.4 is 4.90 Å². The van der Waals surface area contributed by atoms with Crippen LogP contribution in [-0.4, -0.2) is 27.6 Å². The highest BCUT2D eigenvalue weighted by Crippen LogP contribution is 2.49. The maximum Gasteiger partial charge on any atom is 0.234 e. The topological polar surface area (TPSA) is 63.2 Å². The number of allylic oxidation sites excluding steroid dienone is 2. The van der Waals surface area contributed by atoms with Crippen molar-refractivity contribution >= 4 is 51.5 Å². The van der Waals surface area contributed by atoms with Crippen LogP contribution in [0.15, 0.2) is 52.5 Å². The van der Waals surface area contributed by atoms with E-state index in [2.05, 4.69) is 30.6 Å². The van der Waals surface area contributed by atoms with Crippen LogP contribution in [0.5, 0.6) is 0 Å². The zero-order chi connectivity index (χ0) is 21.5. The van der Waals surface area contributed by atoms with Gasteiger partial charge in [-0.15, -0.1) is 16.8 Å². The molecule has 0 bridgehead atoms. The highest BCUT2D eigenvalue weighted by Gasteiger charge is 2.45. The molecule has 1 aliphatic heterocycles. The van der Waals surface area contributed by atoms with Crippen molar-refractivity contribution in [1.82, 2.24) is 10.2 Å². The predicted octanol–water partition coefficient (Wildman–Crippen LogP) is 5.63. The fourth-order valence-electron chi connectivity index (χ4n) is 4.14. The van der Waals surface area contributed by atoms with E-state index in [9.17, 15) is 9.59 Å². The number of carbonyl (C=O) groups excluding carboxylic acids is 2. The number of rotatable bonds is 5. The Labute approximate surface area is 189 Å². The molecule has 0 fully saturated rings. The highest BCUT2D eigenvalue weighted by atomic mass is 35.5. The monoisotopic (exact) mass is 459 g/mol. The molecular weight excluding hydrogens is 438 g/mol. The second kappa shape index (κ2) is 8.29. The van der Waals surface area contributed by atoms with Crippen LogP contribution in [0, 0.1) is 5.41 Å². The van der Waals surface area contributed by atoms with Gasteiger partial charge in [-0.05, 0) is 23.5 Å². The van der Waals surface area contributed by atoms with Gasteiger partial charge in [0.2, 0.25) is 11.0 Å². The summed E-state index contributed by atoms with van der Waals surface area (Å²) in [7, 11) is 0. The molecule has 0 N–H and O–H groups in total. The van der Waals surface area contributed by atoms with Crippen molar-refractivity contribution in [2.24, 2.45) is 5.41 Å². The summed E-state index contributed by atoms with van der Waals surface area (Å²) in [6.07, 6.45) is 3.05. The molecule has 4 rings (SSSR count). The van der Waals surface area contributed by atoms with Crippen LogP contribution in [0.4, 0.5) is 5.13 Å². The average molecular weight is 460 g/mol. The van der Waals surface area contributed by atoms with E-state index in [4.69, 9.17) is 11.6 Å². The molecule has 1 amide bonds. The highest BCUT2D eigenvalue weighted by molar-refractivity contribution is 8.01. The van der Waals surface area contributed by atoms with E-state index in [0.29, 0.717) is 28.6 Å². The Morgan fingerprint density at radius 3 is 2.80 bits per heavy atom. The number of hydrogen-bond donors (Lipinski definition) is 0. The minimum Gasteiger partial charge on any atom is -0.294 e. The lowest BCUT2D eigenvalue weighted by Gasteiger charge is -2.41. The van der Waals surface area contributed by atoms with Gasteiger partial charge < -0.3 is 0 Å². The fraction of sp³-hybridized carbons (Fsp3) is 0.364. The molecule has 0 radical (unpaired) electrons. The molecular formula is C22H22ClN3O2S2. The molecule has 0 saturated heterocycles. The van der Waals surface area contributed by atoms with Crippen LogP contribution >= 0.6 is 34.7 Å². The Balaban J connectivity index is 1.83. The summed E-state index contributed by atoms with van der Waals surface area (Å²) in [4.78, 5) is 28.2. The molecule has 0 unspecified atom stereocenters. The molecule has 1 aromatic heterocycles. The molecule has 30 heavy (non-hydrogen) atoms. The number of thioether (sulfide) groups is 1. The van der Waals surface area contributed by atoms with Gasteiger partial charge in [-0.2, -0.15) is 0 Å². The van der Waals surface area contributed by atoms with Gasteiger partial charge in [-0.3, -0.25) is 14.5 Å². The van der Waals surface area contributed by atoms with Crippen molar-refractivity contribution in [3.05, 3.63) is 58.8 Å². The summed E-state index contributed by atoms with van der Waals surface area (Å²) in [6, 6.07) is 7.46. The van der Waals surface area contributed by atoms with Gasteiger partial charge in [0, 0.05) is 40.8 Å². The third-order valence-electron chi connectivity index (χ3n) is 5.34. The number of ketones is 1. The molecule has 1 aliphatic carbocycles. The summed E-state index contributed by atoms with van der Waals surface area (Å²) in [5.41, 5.74) is 2.03. The third kappa shape index (κ3) is 3.98. The van der Waals surface area contributed by atoms with Gasteiger partial charge in [0.15, 0.2) is 10.1 Å². The summed E-state index contributed by atoms with van der Waals surface area (Å²) in [5.74, 6) is 0.384. The number of Topliss-reactive ketones (excluding diaryl/α,β-unsaturated/α-hetero) is 1. The standard InChI is InChI=1S/C22H22ClN3O2S2/c1-4-9-29-21-25-24-20(30-21)26-16-11-22(2,3)12-17(27)19(16)14(10-18(26)28)13-7-5-6-8-15(13)23/h4-8,14H,1,9-12H2,2-3H3/t14-/m0/s1. The summed E-state index contributed by atoms with van der Waals surface area (Å²) in [6.45, 7) is 7.84. The van der Waals surface area contributed by atoms with Crippen LogP contribution in [0.3, 0.4) is 0 Å². The van der Waals surface area contributed by atoms with Gasteiger partial charge in [0.1, 0.15) is 0 Å². The Hall–Kier alpha value is -1.96. The smallest absolute Gasteiger partial charge is 0.234 e. The first kappa shape index (κ1) is 21.3. The number of benzene rings is 1. The molecule has 156 valence electrons. The largest absolute Gasteiger partial charge is 0.294 e. The SMILES string of the molecule is C=CCSc1nnc(N2C(=O)C[C@@H](c3ccccc3Cl)C3=C2CC(C)(C)CC3=O)s1. The lowest BCUT2D eigenvalue weighted by atomic mass is 9.69. The first-order valence-corrected chi connectivity index (χ1v) is 11.9. The number of amides is 1. The lowest BCUT2D eigenvalue weighted by molar-refractivity contribution is -0.121. The van der Waals surface area contributed by atoms with Gasteiger partial charge in [-0.1, -0.05) is 72.8 Å². The van der Waals surface area contributed by atoms with E-state index in [1.165, 1.54) is 23.1 Å². The van der Waals surface area contributed by atoms with E-state index in [-0.39, 0.29) is 29.4 Å². The number of halogens is 1. The van der Waals surface area contributed by atoms with Crippen LogP contribution in [0.25, 0.3) is 0 Å². The number of carbonyl (C=O) groups is 2.